The Hall–Kier alpha value is -2.30. The number of rotatable bonds is 4. The van der Waals surface area contributed by atoms with Gasteiger partial charge in [-0.2, -0.15) is 0 Å². The van der Waals surface area contributed by atoms with Crippen LogP contribution in [0.2, 0.25) is 0 Å². The van der Waals surface area contributed by atoms with Gasteiger partial charge in [0.1, 0.15) is 5.75 Å². The first-order chi connectivity index (χ1) is 13.0. The third kappa shape index (κ3) is 3.24. The highest BCUT2D eigenvalue weighted by atomic mass is 16.5. The number of aromatic amines is 1. The van der Waals surface area contributed by atoms with E-state index in [0.29, 0.717) is 12.8 Å². The molecule has 0 aliphatic carbocycles. The summed E-state index contributed by atoms with van der Waals surface area (Å²) in [7, 11) is 1.67. The van der Waals surface area contributed by atoms with Crippen molar-refractivity contribution < 1.29 is 9.84 Å². The lowest BCUT2D eigenvalue weighted by atomic mass is 9.83. The van der Waals surface area contributed by atoms with Crippen molar-refractivity contribution in [3.05, 3.63) is 64.8 Å². The van der Waals surface area contributed by atoms with Gasteiger partial charge in [-0.25, -0.2) is 0 Å². The SMILES string of the molecule is COc1ccccc1C1(O)CCN(Cc2c(C)[nH]c3c(C)cccc23)CC1. The van der Waals surface area contributed by atoms with Crippen LogP contribution >= 0.6 is 0 Å². The number of para-hydroxylation sites is 2. The van der Waals surface area contributed by atoms with Crippen LogP contribution in [-0.2, 0) is 12.1 Å². The number of likely N-dealkylation sites (tertiary alicyclic amines) is 1. The summed E-state index contributed by atoms with van der Waals surface area (Å²) in [6.07, 6.45) is 1.43. The standard InChI is InChI=1S/C23H28N2O2/c1-16-7-6-8-18-19(17(2)24-22(16)18)15-25-13-11-23(26,12-14-25)20-9-4-5-10-21(20)27-3/h4-10,24,26H,11-15H2,1-3H3. The van der Waals surface area contributed by atoms with Crippen LogP contribution in [0.15, 0.2) is 42.5 Å². The number of aryl methyl sites for hydroxylation is 2. The number of H-pyrrole nitrogens is 1. The smallest absolute Gasteiger partial charge is 0.124 e. The Kier molecular flexibility index (Phi) is 4.70. The zero-order chi connectivity index (χ0) is 19.0. The van der Waals surface area contributed by atoms with E-state index >= 15 is 0 Å². The van der Waals surface area contributed by atoms with Crippen LogP contribution in [0.25, 0.3) is 10.9 Å². The minimum Gasteiger partial charge on any atom is -0.496 e. The second-order valence-corrected chi connectivity index (χ2v) is 7.73. The van der Waals surface area contributed by atoms with Crippen molar-refractivity contribution in [2.75, 3.05) is 20.2 Å². The van der Waals surface area contributed by atoms with Gasteiger partial charge in [0.05, 0.1) is 12.7 Å². The summed E-state index contributed by atoms with van der Waals surface area (Å²) >= 11 is 0. The second-order valence-electron chi connectivity index (χ2n) is 7.73. The molecule has 0 bridgehead atoms. The van der Waals surface area contributed by atoms with Crippen molar-refractivity contribution >= 4 is 10.9 Å². The first-order valence-corrected chi connectivity index (χ1v) is 9.67. The molecule has 1 fully saturated rings. The normalized spacial score (nSPS) is 17.3. The molecular formula is C23H28N2O2. The topological polar surface area (TPSA) is 48.5 Å². The Morgan fingerprint density at radius 3 is 2.56 bits per heavy atom. The Morgan fingerprint density at radius 1 is 1.07 bits per heavy atom. The van der Waals surface area contributed by atoms with Crippen molar-refractivity contribution in [1.82, 2.24) is 9.88 Å². The van der Waals surface area contributed by atoms with E-state index in [-0.39, 0.29) is 0 Å². The van der Waals surface area contributed by atoms with Crippen molar-refractivity contribution in [3.8, 4) is 5.75 Å². The van der Waals surface area contributed by atoms with Gasteiger partial charge in [0.2, 0.25) is 0 Å². The zero-order valence-corrected chi connectivity index (χ0v) is 16.4. The number of methoxy groups -OCH3 is 1. The Bertz CT molecular complexity index is 952. The van der Waals surface area contributed by atoms with Crippen LogP contribution in [0.5, 0.6) is 5.75 Å². The van der Waals surface area contributed by atoms with Gasteiger partial charge < -0.3 is 14.8 Å². The molecule has 4 rings (SSSR count). The van der Waals surface area contributed by atoms with Crippen molar-refractivity contribution in [1.29, 1.82) is 0 Å². The largest absolute Gasteiger partial charge is 0.496 e. The molecule has 1 aromatic heterocycles. The predicted octanol–water partition coefficient (Wildman–Crippen LogP) is 4.28. The molecule has 0 amide bonds. The quantitative estimate of drug-likeness (QED) is 0.726. The van der Waals surface area contributed by atoms with Crippen molar-refractivity contribution in [3.63, 3.8) is 0 Å². The lowest BCUT2D eigenvalue weighted by Gasteiger charge is -2.39. The highest BCUT2D eigenvalue weighted by Gasteiger charge is 2.36. The van der Waals surface area contributed by atoms with Gasteiger partial charge in [-0.15, -0.1) is 0 Å². The monoisotopic (exact) mass is 364 g/mol. The van der Waals surface area contributed by atoms with Crippen LogP contribution in [0.3, 0.4) is 0 Å². The number of aliphatic hydroxyl groups is 1. The number of hydrogen-bond acceptors (Lipinski definition) is 3. The highest BCUT2D eigenvalue weighted by Crippen LogP contribution is 2.38. The fourth-order valence-corrected chi connectivity index (χ4v) is 4.36. The number of hydrogen-bond donors (Lipinski definition) is 2. The number of aromatic nitrogens is 1. The van der Waals surface area contributed by atoms with Crippen LogP contribution in [0, 0.1) is 13.8 Å². The van der Waals surface area contributed by atoms with E-state index < -0.39 is 5.60 Å². The summed E-state index contributed by atoms with van der Waals surface area (Å²) in [6, 6.07) is 14.3. The third-order valence-electron chi connectivity index (χ3n) is 6.04. The summed E-state index contributed by atoms with van der Waals surface area (Å²) in [4.78, 5) is 6.00. The van der Waals surface area contributed by atoms with Crippen LogP contribution in [-0.4, -0.2) is 35.2 Å². The van der Waals surface area contributed by atoms with E-state index in [0.717, 1.165) is 30.9 Å². The number of ether oxygens (including phenoxy) is 1. The molecular weight excluding hydrogens is 336 g/mol. The molecule has 1 saturated heterocycles. The fourth-order valence-electron chi connectivity index (χ4n) is 4.36. The van der Waals surface area contributed by atoms with E-state index in [4.69, 9.17) is 4.74 Å². The molecule has 4 heteroatoms. The van der Waals surface area contributed by atoms with E-state index in [1.165, 1.54) is 27.7 Å². The van der Waals surface area contributed by atoms with E-state index in [2.05, 4.69) is 41.9 Å². The average molecular weight is 364 g/mol. The summed E-state index contributed by atoms with van der Waals surface area (Å²) in [6.45, 7) is 6.95. The van der Waals surface area contributed by atoms with E-state index in [1.54, 1.807) is 7.11 Å². The highest BCUT2D eigenvalue weighted by molar-refractivity contribution is 5.87. The van der Waals surface area contributed by atoms with E-state index in [9.17, 15) is 5.11 Å². The lowest BCUT2D eigenvalue weighted by molar-refractivity contribution is -0.0291. The third-order valence-corrected chi connectivity index (χ3v) is 6.04. The van der Waals surface area contributed by atoms with E-state index in [1.807, 2.05) is 24.3 Å². The molecule has 3 aromatic rings. The zero-order valence-electron chi connectivity index (χ0n) is 16.4. The molecule has 0 spiro atoms. The number of fused-ring (bicyclic) bond motifs is 1. The summed E-state index contributed by atoms with van der Waals surface area (Å²) in [5, 5.41) is 12.6. The van der Waals surface area contributed by atoms with Gasteiger partial charge >= 0.3 is 0 Å². The maximum atomic E-state index is 11.2. The van der Waals surface area contributed by atoms with Gasteiger partial charge in [-0.05, 0) is 43.9 Å². The van der Waals surface area contributed by atoms with Gasteiger partial charge in [0, 0.05) is 41.8 Å². The summed E-state index contributed by atoms with van der Waals surface area (Å²) < 4.78 is 5.47. The molecule has 0 atom stereocenters. The molecule has 2 aromatic carbocycles. The second kappa shape index (κ2) is 7.02. The molecule has 1 aliphatic heterocycles. The molecule has 142 valence electrons. The van der Waals surface area contributed by atoms with Crippen LogP contribution in [0.1, 0.15) is 35.2 Å². The first kappa shape index (κ1) is 18.1. The predicted molar refractivity (Wildman–Crippen MR) is 109 cm³/mol. The summed E-state index contributed by atoms with van der Waals surface area (Å²) in [5.41, 5.74) is 5.24. The number of nitrogens with zero attached hydrogens (tertiary/aromatic N) is 1. The maximum Gasteiger partial charge on any atom is 0.124 e. The molecule has 27 heavy (non-hydrogen) atoms. The van der Waals surface area contributed by atoms with Gasteiger partial charge in [0.25, 0.3) is 0 Å². The molecule has 4 nitrogen and oxygen atoms in total. The van der Waals surface area contributed by atoms with Gasteiger partial charge in [-0.3, -0.25) is 4.90 Å². The number of piperidine rings is 1. The van der Waals surface area contributed by atoms with Gasteiger partial charge in [-0.1, -0.05) is 36.4 Å². The Balaban J connectivity index is 1.52. The lowest BCUT2D eigenvalue weighted by Crippen LogP contribution is -2.42. The minimum absolute atomic E-state index is 0.716. The number of nitrogens with one attached hydrogen (secondary N) is 1. The van der Waals surface area contributed by atoms with Crippen molar-refractivity contribution in [2.45, 2.75) is 38.8 Å². The van der Waals surface area contributed by atoms with Crippen LogP contribution in [0.4, 0.5) is 0 Å². The van der Waals surface area contributed by atoms with Gasteiger partial charge in [0.15, 0.2) is 0 Å². The fraction of sp³-hybridized carbons (Fsp3) is 0.391. The van der Waals surface area contributed by atoms with Crippen molar-refractivity contribution in [2.24, 2.45) is 0 Å². The molecule has 0 saturated carbocycles. The average Bonchev–Trinajstić information content (AvgIpc) is 3.00. The molecule has 2 N–H and O–H groups in total. The molecule has 2 heterocycles. The first-order valence-electron chi connectivity index (χ1n) is 9.67. The molecule has 0 unspecified atom stereocenters. The Morgan fingerprint density at radius 2 is 1.81 bits per heavy atom. The minimum atomic E-state index is -0.811. The Labute approximate surface area is 160 Å². The maximum absolute atomic E-state index is 11.2. The number of benzene rings is 2. The van der Waals surface area contributed by atoms with Crippen LogP contribution < -0.4 is 4.74 Å². The molecule has 1 aliphatic rings. The molecule has 0 radical (unpaired) electrons. The summed E-state index contributed by atoms with van der Waals surface area (Å²) in [5.74, 6) is 0.774.